The second-order valence-corrected chi connectivity index (χ2v) is 6.62. The minimum absolute atomic E-state index is 0. The first-order chi connectivity index (χ1) is 1.73. The third-order valence-corrected chi connectivity index (χ3v) is 0. The molecule has 0 saturated heterocycles. The predicted molar refractivity (Wildman–Crippen MR) is 53.7 cm³/mol. The fourth-order valence-corrected chi connectivity index (χ4v) is 0. The monoisotopic (exact) mass is 244 g/mol. The summed E-state index contributed by atoms with van der Waals surface area (Å²) in [6.45, 7) is 0. The fraction of sp³-hybridized carbons (Fsp3) is 0. The van der Waals surface area contributed by atoms with E-state index in [-0.39, 0.29) is 82.3 Å². The molecule has 0 heterocycles. The molecule has 0 bridgehead atoms. The Labute approximate surface area is 111 Å². The van der Waals surface area contributed by atoms with Crippen LogP contribution in [0.15, 0.2) is 0 Å². The van der Waals surface area contributed by atoms with E-state index >= 15 is 0 Å². The van der Waals surface area contributed by atoms with Crippen LogP contribution in [0.1, 0.15) is 2.85 Å². The van der Waals surface area contributed by atoms with Crippen LogP contribution < -0.4 is 0 Å². The van der Waals surface area contributed by atoms with Crippen molar-refractivity contribution >= 4 is 83.4 Å². The average Bonchev–Trinajstić information content (AvgIpc) is 0.811. The van der Waals surface area contributed by atoms with Crippen LogP contribution in [0.4, 0.5) is 0 Å². The molecule has 0 spiro atoms. The smallest absolute Gasteiger partial charge is 1.00 e. The summed E-state index contributed by atoms with van der Waals surface area (Å²) in [6, 6.07) is 0. The van der Waals surface area contributed by atoms with Gasteiger partial charge in [0, 0.05) is 21.7 Å². The SMILES string of the molecule is O=[Si](P)P.[AlH3].[AlH3].[H-].[H-].[Mg+2].[Ti]. The van der Waals surface area contributed by atoms with Gasteiger partial charge in [0.25, 0.3) is 0 Å². The van der Waals surface area contributed by atoms with Gasteiger partial charge in [0.1, 0.15) is 0 Å². The summed E-state index contributed by atoms with van der Waals surface area (Å²) in [5, 5.41) is 0. The number of hydrogen-bond donors (Lipinski definition) is 0. The summed E-state index contributed by atoms with van der Waals surface area (Å²) in [6.07, 6.45) is 0. The fourth-order valence-electron chi connectivity index (χ4n) is 0. The summed E-state index contributed by atoms with van der Waals surface area (Å²) < 4.78 is 9.56. The molecule has 44 valence electrons. The van der Waals surface area contributed by atoms with Crippen LogP contribution in [0.25, 0.3) is 0 Å². The molecule has 0 fully saturated rings. The van der Waals surface area contributed by atoms with E-state index in [0.717, 1.165) is 0 Å². The molecule has 0 N–H and O–H groups in total. The van der Waals surface area contributed by atoms with Crippen LogP contribution in [-0.4, -0.2) is 65.8 Å². The molecule has 2 atom stereocenters. The molecule has 0 aliphatic rings. The Morgan fingerprint density at radius 1 is 1.25 bits per heavy atom. The number of hydrogen-bond acceptors (Lipinski definition) is 1. The third-order valence-electron chi connectivity index (χ3n) is 0. The molecule has 0 aromatic rings. The van der Waals surface area contributed by atoms with Crippen molar-refractivity contribution in [2.75, 3.05) is 0 Å². The zero-order valence-corrected chi connectivity index (χ0v) is 9.56. The molecule has 8 heteroatoms. The topological polar surface area (TPSA) is 17.1 Å². The van der Waals surface area contributed by atoms with Crippen molar-refractivity contribution in [3.63, 3.8) is 0 Å². The van der Waals surface area contributed by atoms with Gasteiger partial charge in [0.05, 0.1) is 0 Å². The van der Waals surface area contributed by atoms with Gasteiger partial charge in [-0.3, -0.25) is 0 Å². The summed E-state index contributed by atoms with van der Waals surface area (Å²) in [5.41, 5.74) is 0. The van der Waals surface area contributed by atoms with Crippen molar-refractivity contribution in [3.8, 4) is 0 Å². The maximum atomic E-state index is 9.56. The molecule has 0 aliphatic carbocycles. The Hall–Kier alpha value is 3.42. The summed E-state index contributed by atoms with van der Waals surface area (Å²) >= 11 is 0. The Kier molecular flexibility index (Phi) is 84.4. The van der Waals surface area contributed by atoms with Crippen molar-refractivity contribution in [3.05, 3.63) is 0 Å². The van der Waals surface area contributed by atoms with E-state index in [2.05, 4.69) is 17.6 Å². The van der Waals surface area contributed by atoms with E-state index in [1.807, 2.05) is 0 Å². The first-order valence-corrected chi connectivity index (χ1v) is 5.81. The van der Waals surface area contributed by atoms with Crippen LogP contribution in [0.2, 0.25) is 0 Å². The van der Waals surface area contributed by atoms with Gasteiger partial charge in [-0.25, -0.2) is 0 Å². The van der Waals surface area contributed by atoms with E-state index in [1.165, 1.54) is 0 Å². The van der Waals surface area contributed by atoms with Gasteiger partial charge in [-0.15, -0.1) is 0 Å². The third kappa shape index (κ3) is 57.1. The number of rotatable bonds is 0. The van der Waals surface area contributed by atoms with Crippen molar-refractivity contribution in [1.29, 1.82) is 0 Å². The van der Waals surface area contributed by atoms with Gasteiger partial charge in [0.2, 0.25) is 0 Å². The van der Waals surface area contributed by atoms with Gasteiger partial charge in [-0.2, -0.15) is 0 Å². The largest absolute Gasteiger partial charge is 2.00 e. The van der Waals surface area contributed by atoms with E-state index < -0.39 is 8.02 Å². The first kappa shape index (κ1) is 30.1. The standard InChI is InChI=1S/2Al.Mg.H4OP2Si.Ti.8H/c;;;1-4(2)3;;;;;;;;;/h;;;2-3H2;;;;;;;;;/q;;+2;;;;;;;;;2*-1. The van der Waals surface area contributed by atoms with Gasteiger partial charge < -0.3 is 7.32 Å². The van der Waals surface area contributed by atoms with E-state index in [4.69, 9.17) is 0 Å². The molecule has 0 aromatic heterocycles. The molecule has 0 aromatic carbocycles. The second kappa shape index (κ2) is 22.4. The first-order valence-electron chi connectivity index (χ1n) is 0.781. The zero-order chi connectivity index (χ0) is 3.58. The quantitative estimate of drug-likeness (QED) is 0.344. The summed E-state index contributed by atoms with van der Waals surface area (Å²) in [5.74, 6) is 0. The van der Waals surface area contributed by atoms with Crippen LogP contribution in [0.3, 0.4) is 0 Å². The van der Waals surface area contributed by atoms with Crippen molar-refractivity contribution < 1.29 is 29.0 Å². The van der Waals surface area contributed by atoms with Crippen molar-refractivity contribution in [2.24, 2.45) is 0 Å². The molecule has 0 aliphatic heterocycles. The molecular weight excluding hydrogens is 232 g/mol. The molecule has 0 radical (unpaired) electrons. The zero-order valence-electron chi connectivity index (χ0n) is 5.27. The molecule has 2 unspecified atom stereocenters. The van der Waals surface area contributed by atoms with Crippen LogP contribution in [0, 0.1) is 0 Å². The average molecular weight is 244 g/mol. The van der Waals surface area contributed by atoms with Crippen molar-refractivity contribution in [2.45, 2.75) is 0 Å². The van der Waals surface area contributed by atoms with E-state index in [1.54, 1.807) is 0 Å². The van der Waals surface area contributed by atoms with Crippen LogP contribution in [0.5, 0.6) is 0 Å². The second-order valence-electron chi connectivity index (χ2n) is 0.402. The molecule has 0 saturated carbocycles. The van der Waals surface area contributed by atoms with Gasteiger partial charge >= 0.3 is 31.1 Å². The summed E-state index contributed by atoms with van der Waals surface area (Å²) in [4.78, 5) is 0. The molecule has 8 heavy (non-hydrogen) atoms. The van der Waals surface area contributed by atoms with Crippen molar-refractivity contribution in [1.82, 2.24) is 0 Å². The Bertz CT molecular complexity index is 50.2. The van der Waals surface area contributed by atoms with Gasteiger partial charge in [0.15, 0.2) is 34.7 Å². The van der Waals surface area contributed by atoms with Gasteiger partial charge in [-0.1, -0.05) is 17.6 Å². The Morgan fingerprint density at radius 3 is 1.25 bits per heavy atom. The predicted octanol–water partition coefficient (Wildman–Crippen LogP) is -2.37. The molecule has 0 amide bonds. The van der Waals surface area contributed by atoms with Crippen LogP contribution >= 0.6 is 17.6 Å². The Morgan fingerprint density at radius 2 is 1.25 bits per heavy atom. The molecule has 0 rings (SSSR count). The molecular formula is H12Al2MgOP2SiTi. The van der Waals surface area contributed by atoms with E-state index in [0.29, 0.717) is 0 Å². The molecule has 1 nitrogen and oxygen atoms in total. The van der Waals surface area contributed by atoms with Gasteiger partial charge in [-0.05, 0) is 0 Å². The minimum Gasteiger partial charge on any atom is -1.00 e. The van der Waals surface area contributed by atoms with E-state index in [9.17, 15) is 4.46 Å². The maximum absolute atomic E-state index is 9.56. The normalized spacial score (nSPS) is 3.25. The van der Waals surface area contributed by atoms with Crippen LogP contribution in [-0.2, 0) is 26.2 Å². The minimum atomic E-state index is -1.30. The maximum Gasteiger partial charge on any atom is 2.00 e. The summed E-state index contributed by atoms with van der Waals surface area (Å²) in [7, 11) is 3.04. The Balaban J connectivity index is -0.00000000300.